The third kappa shape index (κ3) is 3.33. The smallest absolute Gasteiger partial charge is 0.242 e. The van der Waals surface area contributed by atoms with Crippen molar-refractivity contribution in [3.63, 3.8) is 0 Å². The molecule has 0 bridgehead atoms. The second-order valence-electron chi connectivity index (χ2n) is 6.75. The maximum atomic E-state index is 12.9. The van der Waals surface area contributed by atoms with Gasteiger partial charge < -0.3 is 5.32 Å². The molecule has 1 aliphatic heterocycles. The van der Waals surface area contributed by atoms with Gasteiger partial charge >= 0.3 is 0 Å². The van der Waals surface area contributed by atoms with Crippen molar-refractivity contribution in [1.29, 1.82) is 0 Å². The molecule has 0 radical (unpaired) electrons. The topological polar surface area (TPSA) is 63.1 Å². The molecule has 1 saturated heterocycles. The first-order valence-corrected chi connectivity index (χ1v) is 8.75. The number of carbonyl (C=O) groups excluding carboxylic acids is 1. The zero-order chi connectivity index (χ0) is 16.4. The fourth-order valence-corrected chi connectivity index (χ4v) is 3.57. The fourth-order valence-electron chi connectivity index (χ4n) is 3.57. The lowest BCUT2D eigenvalue weighted by atomic mass is 10.0. The van der Waals surface area contributed by atoms with Crippen molar-refractivity contribution in [2.45, 2.75) is 50.4 Å². The molecule has 6 heteroatoms. The Morgan fingerprint density at radius 3 is 2.79 bits per heavy atom. The van der Waals surface area contributed by atoms with Crippen LogP contribution in [0.15, 0.2) is 43.0 Å². The summed E-state index contributed by atoms with van der Waals surface area (Å²) in [6.45, 7) is 1.72. The maximum absolute atomic E-state index is 12.9. The van der Waals surface area contributed by atoms with Crippen molar-refractivity contribution in [1.82, 2.24) is 25.0 Å². The lowest BCUT2D eigenvalue weighted by molar-refractivity contribution is -0.127. The Labute approximate surface area is 141 Å². The van der Waals surface area contributed by atoms with E-state index in [-0.39, 0.29) is 11.9 Å². The Bertz CT molecular complexity index is 668. The van der Waals surface area contributed by atoms with E-state index in [0.29, 0.717) is 12.1 Å². The van der Waals surface area contributed by atoms with Gasteiger partial charge in [0.2, 0.25) is 5.91 Å². The van der Waals surface area contributed by atoms with E-state index in [0.717, 1.165) is 44.3 Å². The number of rotatable bonds is 6. The van der Waals surface area contributed by atoms with Crippen LogP contribution in [-0.4, -0.2) is 44.2 Å². The minimum absolute atomic E-state index is 0.134. The van der Waals surface area contributed by atoms with Crippen molar-refractivity contribution >= 4 is 5.91 Å². The number of carbonyl (C=O) groups is 1. The number of aromatic nitrogens is 3. The maximum Gasteiger partial charge on any atom is 0.242 e. The molecule has 126 valence electrons. The second kappa shape index (κ2) is 6.73. The molecule has 2 atom stereocenters. The molecule has 2 fully saturated rings. The Morgan fingerprint density at radius 1 is 1.25 bits per heavy atom. The van der Waals surface area contributed by atoms with Gasteiger partial charge in [-0.2, -0.15) is 5.10 Å². The third-order valence-corrected chi connectivity index (χ3v) is 4.91. The van der Waals surface area contributed by atoms with E-state index >= 15 is 0 Å². The van der Waals surface area contributed by atoms with Gasteiger partial charge in [0.15, 0.2) is 0 Å². The molecule has 0 unspecified atom stereocenters. The molecule has 1 aromatic carbocycles. The van der Waals surface area contributed by atoms with Gasteiger partial charge in [-0.05, 0) is 37.8 Å². The predicted octanol–water partition coefficient (Wildman–Crippen LogP) is 1.76. The van der Waals surface area contributed by atoms with Gasteiger partial charge in [-0.25, -0.2) is 4.98 Å². The standard InChI is InChI=1S/C18H23N5O/c24-18(21-15-8-9-15)17(14-5-2-1-3-6-14)23-10-4-7-16(23)11-22-13-19-12-20-22/h1-3,5-6,12-13,15-17H,4,7-11H2,(H,21,24)/t16-,17+/m1/s1. The summed E-state index contributed by atoms with van der Waals surface area (Å²) in [5.41, 5.74) is 1.07. The number of nitrogens with zero attached hydrogens (tertiary/aromatic N) is 4. The van der Waals surface area contributed by atoms with Crippen LogP contribution in [0.25, 0.3) is 0 Å². The minimum atomic E-state index is -0.220. The summed E-state index contributed by atoms with van der Waals surface area (Å²) in [7, 11) is 0. The zero-order valence-electron chi connectivity index (χ0n) is 13.7. The molecule has 2 aromatic rings. The zero-order valence-corrected chi connectivity index (χ0v) is 13.7. The van der Waals surface area contributed by atoms with Crippen LogP contribution in [0.2, 0.25) is 0 Å². The highest BCUT2D eigenvalue weighted by Crippen LogP contribution is 2.31. The van der Waals surface area contributed by atoms with E-state index < -0.39 is 0 Å². The van der Waals surface area contributed by atoms with Gasteiger partial charge in [0.1, 0.15) is 18.7 Å². The molecule has 1 N–H and O–H groups in total. The van der Waals surface area contributed by atoms with Gasteiger partial charge in [-0.1, -0.05) is 30.3 Å². The highest BCUT2D eigenvalue weighted by atomic mass is 16.2. The molecule has 1 saturated carbocycles. The fraction of sp³-hybridized carbons (Fsp3) is 0.500. The number of hydrogen-bond donors (Lipinski definition) is 1. The molecule has 2 heterocycles. The first kappa shape index (κ1) is 15.3. The van der Waals surface area contributed by atoms with Crippen LogP contribution in [0, 0.1) is 0 Å². The summed E-state index contributed by atoms with van der Waals surface area (Å²) in [6.07, 6.45) is 7.72. The van der Waals surface area contributed by atoms with Crippen molar-refractivity contribution in [3.05, 3.63) is 48.5 Å². The van der Waals surface area contributed by atoms with Crippen LogP contribution in [0.3, 0.4) is 0 Å². The van der Waals surface area contributed by atoms with E-state index in [2.05, 4.69) is 32.4 Å². The summed E-state index contributed by atoms with van der Waals surface area (Å²) >= 11 is 0. The Morgan fingerprint density at radius 2 is 2.08 bits per heavy atom. The first-order valence-electron chi connectivity index (χ1n) is 8.75. The van der Waals surface area contributed by atoms with E-state index in [1.54, 1.807) is 12.7 Å². The van der Waals surface area contributed by atoms with Crippen LogP contribution in [0.5, 0.6) is 0 Å². The van der Waals surface area contributed by atoms with Gasteiger partial charge in [0.25, 0.3) is 0 Å². The van der Waals surface area contributed by atoms with Crippen molar-refractivity contribution < 1.29 is 4.79 Å². The average Bonchev–Trinajstić information content (AvgIpc) is 3.07. The van der Waals surface area contributed by atoms with Gasteiger partial charge in [0.05, 0.1) is 6.54 Å². The highest BCUT2D eigenvalue weighted by molar-refractivity contribution is 5.83. The van der Waals surface area contributed by atoms with Gasteiger partial charge in [-0.3, -0.25) is 14.4 Å². The summed E-state index contributed by atoms with van der Waals surface area (Å²) in [4.78, 5) is 19.3. The lowest BCUT2D eigenvalue weighted by Crippen LogP contribution is -2.44. The molecule has 2 aliphatic rings. The van der Waals surface area contributed by atoms with Gasteiger partial charge in [0, 0.05) is 12.1 Å². The Hall–Kier alpha value is -2.21. The van der Waals surface area contributed by atoms with Crippen LogP contribution < -0.4 is 5.32 Å². The number of hydrogen-bond acceptors (Lipinski definition) is 4. The molecule has 1 aliphatic carbocycles. The van der Waals surface area contributed by atoms with Crippen molar-refractivity contribution in [3.8, 4) is 0 Å². The molecular formula is C18H23N5O. The first-order chi connectivity index (χ1) is 11.8. The second-order valence-corrected chi connectivity index (χ2v) is 6.75. The molecule has 6 nitrogen and oxygen atoms in total. The number of amides is 1. The largest absolute Gasteiger partial charge is 0.352 e. The third-order valence-electron chi connectivity index (χ3n) is 4.91. The average molecular weight is 325 g/mol. The highest BCUT2D eigenvalue weighted by Gasteiger charge is 2.37. The molecule has 4 rings (SSSR count). The number of likely N-dealkylation sites (tertiary alicyclic amines) is 1. The summed E-state index contributed by atoms with van der Waals surface area (Å²) < 4.78 is 1.86. The molecule has 1 aromatic heterocycles. The molecule has 24 heavy (non-hydrogen) atoms. The quantitative estimate of drug-likeness (QED) is 0.879. The summed E-state index contributed by atoms with van der Waals surface area (Å²) in [6, 6.07) is 10.6. The lowest BCUT2D eigenvalue weighted by Gasteiger charge is -2.32. The molecular weight excluding hydrogens is 302 g/mol. The summed E-state index contributed by atoms with van der Waals surface area (Å²) in [5, 5.41) is 7.42. The van der Waals surface area contributed by atoms with Crippen LogP contribution in [-0.2, 0) is 11.3 Å². The van der Waals surface area contributed by atoms with E-state index in [1.165, 1.54) is 0 Å². The Kier molecular flexibility index (Phi) is 4.30. The van der Waals surface area contributed by atoms with E-state index in [4.69, 9.17) is 0 Å². The normalized spacial score (nSPS) is 22.4. The number of benzene rings is 1. The molecule has 0 spiro atoms. The summed E-state index contributed by atoms with van der Waals surface area (Å²) in [5.74, 6) is 0.134. The van der Waals surface area contributed by atoms with Crippen molar-refractivity contribution in [2.75, 3.05) is 6.54 Å². The van der Waals surface area contributed by atoms with Crippen molar-refractivity contribution in [2.24, 2.45) is 0 Å². The number of nitrogens with one attached hydrogen (secondary N) is 1. The van der Waals surface area contributed by atoms with Crippen LogP contribution >= 0.6 is 0 Å². The van der Waals surface area contributed by atoms with E-state index in [1.807, 2.05) is 22.9 Å². The van der Waals surface area contributed by atoms with Crippen LogP contribution in [0.4, 0.5) is 0 Å². The van der Waals surface area contributed by atoms with Gasteiger partial charge in [-0.15, -0.1) is 0 Å². The van der Waals surface area contributed by atoms with E-state index in [9.17, 15) is 4.79 Å². The predicted molar refractivity (Wildman–Crippen MR) is 90.1 cm³/mol. The molecule has 1 amide bonds. The minimum Gasteiger partial charge on any atom is -0.352 e. The SMILES string of the molecule is O=C(NC1CC1)[C@H](c1ccccc1)N1CCC[C@@H]1Cn1cncn1. The monoisotopic (exact) mass is 325 g/mol. The van der Waals surface area contributed by atoms with Crippen LogP contribution in [0.1, 0.15) is 37.3 Å². The Balaban J connectivity index is 1.57.